The van der Waals surface area contributed by atoms with Gasteiger partial charge in [0.05, 0.1) is 5.25 Å². The summed E-state index contributed by atoms with van der Waals surface area (Å²) in [5.41, 5.74) is 1.36. The number of hydrogen-bond donors (Lipinski definition) is 0. The summed E-state index contributed by atoms with van der Waals surface area (Å²) in [7, 11) is 0. The van der Waals surface area contributed by atoms with Gasteiger partial charge in [0.1, 0.15) is 5.78 Å². The van der Waals surface area contributed by atoms with Gasteiger partial charge in [0.2, 0.25) is 0 Å². The van der Waals surface area contributed by atoms with Gasteiger partial charge in [0.15, 0.2) is 0 Å². The Labute approximate surface area is 95.3 Å². The molecule has 2 rings (SSSR count). The summed E-state index contributed by atoms with van der Waals surface area (Å²) in [6, 6.07) is 10.5. The van der Waals surface area contributed by atoms with Crippen molar-refractivity contribution in [2.75, 3.05) is 6.26 Å². The highest BCUT2D eigenvalue weighted by atomic mass is 32.2. The van der Waals surface area contributed by atoms with Crippen LogP contribution >= 0.6 is 11.8 Å². The first-order chi connectivity index (χ1) is 7.29. The van der Waals surface area contributed by atoms with E-state index in [0.29, 0.717) is 11.7 Å². The van der Waals surface area contributed by atoms with Crippen molar-refractivity contribution in [3.63, 3.8) is 0 Å². The average molecular weight is 220 g/mol. The van der Waals surface area contributed by atoms with E-state index in [0.717, 1.165) is 19.3 Å². The summed E-state index contributed by atoms with van der Waals surface area (Å²) in [5.74, 6) is 1.01. The highest BCUT2D eigenvalue weighted by Gasteiger charge is 2.31. The molecule has 1 nitrogen and oxygen atoms in total. The van der Waals surface area contributed by atoms with Crippen LogP contribution in [0.1, 0.15) is 18.4 Å². The van der Waals surface area contributed by atoms with E-state index < -0.39 is 0 Å². The largest absolute Gasteiger partial charge is 0.298 e. The summed E-state index contributed by atoms with van der Waals surface area (Å²) in [6.07, 6.45) is 4.94. The molecular formula is C13H16OS. The minimum absolute atomic E-state index is 0.263. The van der Waals surface area contributed by atoms with Crippen LogP contribution in [-0.4, -0.2) is 17.3 Å². The predicted molar refractivity (Wildman–Crippen MR) is 65.2 cm³/mol. The molecule has 2 heteroatoms. The van der Waals surface area contributed by atoms with Crippen molar-refractivity contribution in [2.45, 2.75) is 24.5 Å². The molecule has 0 amide bonds. The number of carbonyl (C=O) groups is 1. The second kappa shape index (κ2) is 4.84. The lowest BCUT2D eigenvalue weighted by atomic mass is 9.98. The minimum Gasteiger partial charge on any atom is -0.298 e. The normalized spacial score (nSPS) is 25.8. The maximum atomic E-state index is 11.6. The Balaban J connectivity index is 1.95. The highest BCUT2D eigenvalue weighted by molar-refractivity contribution is 7.99. The Bertz CT molecular complexity index is 334. The van der Waals surface area contributed by atoms with E-state index in [-0.39, 0.29) is 5.25 Å². The predicted octanol–water partition coefficient (Wildman–Crippen LogP) is 2.94. The molecule has 1 fully saturated rings. The van der Waals surface area contributed by atoms with E-state index in [9.17, 15) is 4.79 Å². The molecule has 0 saturated heterocycles. The van der Waals surface area contributed by atoms with Crippen LogP contribution in [0.5, 0.6) is 0 Å². The zero-order valence-corrected chi connectivity index (χ0v) is 9.80. The Kier molecular flexibility index (Phi) is 3.47. The molecule has 2 unspecified atom stereocenters. The van der Waals surface area contributed by atoms with Crippen LogP contribution in [0, 0.1) is 5.92 Å². The molecule has 0 spiro atoms. The van der Waals surface area contributed by atoms with Gasteiger partial charge in [0, 0.05) is 6.42 Å². The van der Waals surface area contributed by atoms with Crippen LogP contribution in [0.3, 0.4) is 0 Å². The monoisotopic (exact) mass is 220 g/mol. The number of hydrogen-bond acceptors (Lipinski definition) is 2. The quantitative estimate of drug-likeness (QED) is 0.779. The minimum atomic E-state index is 0.263. The maximum absolute atomic E-state index is 11.6. The van der Waals surface area contributed by atoms with Crippen molar-refractivity contribution in [1.82, 2.24) is 0 Å². The lowest BCUT2D eigenvalue weighted by molar-refractivity contribution is -0.117. The molecule has 0 aromatic heterocycles. The summed E-state index contributed by atoms with van der Waals surface area (Å²) >= 11 is 1.71. The molecule has 1 aromatic carbocycles. The van der Waals surface area contributed by atoms with Crippen LogP contribution < -0.4 is 0 Å². The van der Waals surface area contributed by atoms with Crippen molar-refractivity contribution in [1.29, 1.82) is 0 Å². The third-order valence-corrected chi connectivity index (χ3v) is 4.07. The van der Waals surface area contributed by atoms with Gasteiger partial charge in [-0.25, -0.2) is 0 Å². The zero-order chi connectivity index (χ0) is 10.7. The lowest BCUT2D eigenvalue weighted by Crippen LogP contribution is -2.06. The van der Waals surface area contributed by atoms with Crippen LogP contribution in [0.2, 0.25) is 0 Å². The van der Waals surface area contributed by atoms with Crippen LogP contribution in [-0.2, 0) is 11.2 Å². The third-order valence-electron chi connectivity index (χ3n) is 3.05. The lowest BCUT2D eigenvalue weighted by Gasteiger charge is -2.08. The van der Waals surface area contributed by atoms with Crippen molar-refractivity contribution >= 4 is 17.5 Å². The number of thioether (sulfide) groups is 1. The van der Waals surface area contributed by atoms with Gasteiger partial charge in [-0.15, -0.1) is 0 Å². The van der Waals surface area contributed by atoms with Gasteiger partial charge in [-0.3, -0.25) is 4.79 Å². The fourth-order valence-corrected chi connectivity index (χ4v) is 3.09. The Morgan fingerprint density at radius 2 is 2.07 bits per heavy atom. The Morgan fingerprint density at radius 1 is 1.33 bits per heavy atom. The summed E-state index contributed by atoms with van der Waals surface area (Å²) in [6.45, 7) is 0. The van der Waals surface area contributed by atoms with Crippen LogP contribution in [0.4, 0.5) is 0 Å². The molecule has 1 aromatic rings. The molecular weight excluding hydrogens is 204 g/mol. The van der Waals surface area contributed by atoms with E-state index in [1.165, 1.54) is 5.56 Å². The summed E-state index contributed by atoms with van der Waals surface area (Å²) < 4.78 is 0. The molecule has 15 heavy (non-hydrogen) atoms. The molecule has 0 radical (unpaired) electrons. The first-order valence-electron chi connectivity index (χ1n) is 5.39. The fraction of sp³-hybridized carbons (Fsp3) is 0.462. The molecule has 1 aliphatic carbocycles. The summed E-state index contributed by atoms with van der Waals surface area (Å²) in [4.78, 5) is 11.6. The fourth-order valence-electron chi connectivity index (χ4n) is 2.26. The van der Waals surface area contributed by atoms with Gasteiger partial charge in [-0.05, 0) is 30.6 Å². The SMILES string of the molecule is CSC1CC(Cc2ccccc2)CC1=O. The summed E-state index contributed by atoms with van der Waals surface area (Å²) in [5, 5.41) is 0.263. The van der Waals surface area contributed by atoms with Gasteiger partial charge in [-0.1, -0.05) is 30.3 Å². The van der Waals surface area contributed by atoms with Crippen molar-refractivity contribution in [2.24, 2.45) is 5.92 Å². The Hall–Kier alpha value is -0.760. The number of Topliss-reactive ketones (excluding diaryl/α,β-unsaturated/α-hetero) is 1. The first kappa shape index (κ1) is 10.7. The number of benzene rings is 1. The van der Waals surface area contributed by atoms with Crippen molar-refractivity contribution < 1.29 is 4.79 Å². The second-order valence-electron chi connectivity index (χ2n) is 4.19. The molecule has 1 saturated carbocycles. The van der Waals surface area contributed by atoms with Crippen molar-refractivity contribution in [3.8, 4) is 0 Å². The Morgan fingerprint density at radius 3 is 2.67 bits per heavy atom. The van der Waals surface area contributed by atoms with Gasteiger partial charge >= 0.3 is 0 Å². The average Bonchev–Trinajstić information content (AvgIpc) is 2.60. The van der Waals surface area contributed by atoms with Gasteiger partial charge in [0.25, 0.3) is 0 Å². The molecule has 2 atom stereocenters. The number of ketones is 1. The molecule has 80 valence electrons. The van der Waals surface area contributed by atoms with E-state index >= 15 is 0 Å². The van der Waals surface area contributed by atoms with Gasteiger partial charge in [-0.2, -0.15) is 11.8 Å². The van der Waals surface area contributed by atoms with Crippen LogP contribution in [0.15, 0.2) is 30.3 Å². The first-order valence-corrected chi connectivity index (χ1v) is 6.68. The van der Waals surface area contributed by atoms with E-state index in [2.05, 4.69) is 24.3 Å². The highest BCUT2D eigenvalue weighted by Crippen LogP contribution is 2.32. The smallest absolute Gasteiger partial charge is 0.146 e. The molecule has 0 aliphatic heterocycles. The maximum Gasteiger partial charge on any atom is 0.146 e. The van der Waals surface area contributed by atoms with Gasteiger partial charge < -0.3 is 0 Å². The van der Waals surface area contributed by atoms with E-state index in [1.807, 2.05) is 12.3 Å². The third kappa shape index (κ3) is 2.63. The topological polar surface area (TPSA) is 17.1 Å². The molecule has 1 aliphatic rings. The standard InChI is InChI=1S/C13H16OS/c1-15-13-9-11(8-12(13)14)7-10-5-3-2-4-6-10/h2-6,11,13H,7-9H2,1H3. The van der Waals surface area contributed by atoms with Crippen LogP contribution in [0.25, 0.3) is 0 Å². The number of carbonyl (C=O) groups excluding carboxylic acids is 1. The second-order valence-corrected chi connectivity index (χ2v) is 5.23. The van der Waals surface area contributed by atoms with E-state index in [4.69, 9.17) is 0 Å². The molecule has 0 bridgehead atoms. The molecule has 0 heterocycles. The van der Waals surface area contributed by atoms with Crippen molar-refractivity contribution in [3.05, 3.63) is 35.9 Å². The van der Waals surface area contributed by atoms with E-state index in [1.54, 1.807) is 11.8 Å². The molecule has 0 N–H and O–H groups in total. The zero-order valence-electron chi connectivity index (χ0n) is 8.98. The number of rotatable bonds is 3.